The van der Waals surface area contributed by atoms with E-state index in [2.05, 4.69) is 5.32 Å². The number of hydrogen-bond acceptors (Lipinski definition) is 5. The molecule has 0 aliphatic carbocycles. The van der Waals surface area contributed by atoms with Crippen LogP contribution in [0.25, 0.3) is 6.08 Å². The highest BCUT2D eigenvalue weighted by Crippen LogP contribution is 2.39. The van der Waals surface area contributed by atoms with Crippen molar-refractivity contribution in [1.29, 1.82) is 0 Å². The molecule has 22 heavy (non-hydrogen) atoms. The van der Waals surface area contributed by atoms with Gasteiger partial charge in [-0.15, -0.1) is 0 Å². The zero-order valence-electron chi connectivity index (χ0n) is 12.1. The third-order valence-corrected chi connectivity index (χ3v) is 3.06. The fraction of sp³-hybridized carbons (Fsp3) is 0.333. The van der Waals surface area contributed by atoms with Crippen molar-refractivity contribution in [2.45, 2.75) is 13.3 Å². The fourth-order valence-corrected chi connectivity index (χ4v) is 2.02. The van der Waals surface area contributed by atoms with Gasteiger partial charge in [0.1, 0.15) is 0 Å². The smallest absolute Gasteiger partial charge is 0.331 e. The summed E-state index contributed by atoms with van der Waals surface area (Å²) < 4.78 is 15.2. The number of ether oxygens (including phenoxy) is 3. The molecule has 1 aliphatic heterocycles. The molecule has 1 N–H and O–H groups in total. The summed E-state index contributed by atoms with van der Waals surface area (Å²) in [4.78, 5) is 22.8. The van der Waals surface area contributed by atoms with Gasteiger partial charge in [0.15, 0.2) is 18.1 Å². The highest BCUT2D eigenvalue weighted by Gasteiger charge is 2.17. The maximum absolute atomic E-state index is 11.5. The Labute approximate surface area is 133 Å². The first-order chi connectivity index (χ1) is 10.6. The van der Waals surface area contributed by atoms with Crippen LogP contribution in [-0.4, -0.2) is 31.8 Å². The predicted molar refractivity (Wildman–Crippen MR) is 80.9 cm³/mol. The molecule has 2 rings (SSSR count). The van der Waals surface area contributed by atoms with Crippen molar-refractivity contribution in [3.8, 4) is 11.5 Å². The zero-order valence-corrected chi connectivity index (χ0v) is 12.8. The second-order valence-corrected chi connectivity index (χ2v) is 4.93. The van der Waals surface area contributed by atoms with Gasteiger partial charge < -0.3 is 19.5 Å². The van der Waals surface area contributed by atoms with Gasteiger partial charge in [0, 0.05) is 12.6 Å². The Balaban J connectivity index is 1.88. The SMILES string of the molecule is CCCNC(=O)COC(=O)/C=C/c1cc(Cl)c2c(c1)OCO2. The van der Waals surface area contributed by atoms with Crippen molar-refractivity contribution in [1.82, 2.24) is 5.32 Å². The molecular weight excluding hydrogens is 310 g/mol. The third-order valence-electron chi connectivity index (χ3n) is 2.78. The summed E-state index contributed by atoms with van der Waals surface area (Å²) in [5.74, 6) is 0.0867. The lowest BCUT2D eigenvalue weighted by Crippen LogP contribution is -2.28. The third kappa shape index (κ3) is 4.39. The van der Waals surface area contributed by atoms with Gasteiger partial charge in [-0.2, -0.15) is 0 Å². The molecule has 1 aliphatic rings. The molecule has 1 aromatic rings. The molecule has 0 fully saturated rings. The van der Waals surface area contributed by atoms with Crippen LogP contribution in [0.15, 0.2) is 18.2 Å². The van der Waals surface area contributed by atoms with Gasteiger partial charge in [0.05, 0.1) is 5.02 Å². The van der Waals surface area contributed by atoms with Gasteiger partial charge in [0.2, 0.25) is 6.79 Å². The van der Waals surface area contributed by atoms with E-state index >= 15 is 0 Å². The van der Waals surface area contributed by atoms with Crippen LogP contribution in [0, 0.1) is 0 Å². The van der Waals surface area contributed by atoms with Crippen LogP contribution in [0.5, 0.6) is 11.5 Å². The first-order valence-corrected chi connectivity index (χ1v) is 7.18. The summed E-state index contributed by atoms with van der Waals surface area (Å²) in [7, 11) is 0. The first-order valence-electron chi connectivity index (χ1n) is 6.81. The van der Waals surface area contributed by atoms with Crippen molar-refractivity contribution in [2.75, 3.05) is 19.9 Å². The van der Waals surface area contributed by atoms with Crippen molar-refractivity contribution < 1.29 is 23.8 Å². The van der Waals surface area contributed by atoms with Crippen LogP contribution in [-0.2, 0) is 14.3 Å². The Kier molecular flexibility index (Phi) is 5.66. The van der Waals surface area contributed by atoms with Crippen molar-refractivity contribution in [2.24, 2.45) is 0 Å². The lowest BCUT2D eigenvalue weighted by Gasteiger charge is -2.03. The largest absolute Gasteiger partial charge is 0.454 e. The van der Waals surface area contributed by atoms with E-state index < -0.39 is 5.97 Å². The van der Waals surface area contributed by atoms with E-state index in [9.17, 15) is 9.59 Å². The van der Waals surface area contributed by atoms with Gasteiger partial charge >= 0.3 is 5.97 Å². The molecule has 7 heteroatoms. The molecule has 0 spiro atoms. The molecule has 0 radical (unpaired) electrons. The van der Waals surface area contributed by atoms with Gasteiger partial charge in [-0.05, 0) is 30.2 Å². The monoisotopic (exact) mass is 325 g/mol. The number of esters is 1. The van der Waals surface area contributed by atoms with Crippen molar-refractivity contribution >= 4 is 29.6 Å². The highest BCUT2D eigenvalue weighted by atomic mass is 35.5. The van der Waals surface area contributed by atoms with E-state index in [1.54, 1.807) is 12.1 Å². The van der Waals surface area contributed by atoms with Gasteiger partial charge in [-0.25, -0.2) is 4.79 Å². The summed E-state index contributed by atoms with van der Waals surface area (Å²) in [6.07, 6.45) is 3.57. The predicted octanol–water partition coefficient (Wildman–Crippen LogP) is 2.15. The summed E-state index contributed by atoms with van der Waals surface area (Å²) in [5.41, 5.74) is 0.668. The van der Waals surface area contributed by atoms with E-state index in [1.807, 2.05) is 6.92 Å². The lowest BCUT2D eigenvalue weighted by molar-refractivity contribution is -0.143. The van der Waals surface area contributed by atoms with Crippen molar-refractivity contribution in [3.63, 3.8) is 0 Å². The molecule has 118 valence electrons. The molecule has 0 saturated heterocycles. The molecule has 6 nitrogen and oxygen atoms in total. The number of halogens is 1. The van der Waals surface area contributed by atoms with Crippen LogP contribution < -0.4 is 14.8 Å². The second-order valence-electron chi connectivity index (χ2n) is 4.53. The molecule has 0 saturated carbocycles. The Morgan fingerprint density at radius 3 is 3.00 bits per heavy atom. The number of hydrogen-bond donors (Lipinski definition) is 1. The Morgan fingerprint density at radius 2 is 2.23 bits per heavy atom. The summed E-state index contributed by atoms with van der Waals surface area (Å²) in [6, 6.07) is 3.35. The Morgan fingerprint density at radius 1 is 1.41 bits per heavy atom. The lowest BCUT2D eigenvalue weighted by atomic mass is 10.2. The summed E-state index contributed by atoms with van der Waals surface area (Å²) in [6.45, 7) is 2.32. The molecule has 1 amide bonds. The van der Waals surface area contributed by atoms with E-state index in [-0.39, 0.29) is 19.3 Å². The average Bonchev–Trinajstić information content (AvgIpc) is 2.97. The molecule has 0 bridgehead atoms. The number of nitrogens with one attached hydrogen (secondary N) is 1. The topological polar surface area (TPSA) is 73.9 Å². The average molecular weight is 326 g/mol. The maximum atomic E-state index is 11.5. The molecule has 1 heterocycles. The number of carbonyl (C=O) groups excluding carboxylic acids is 2. The van der Waals surface area contributed by atoms with Crippen LogP contribution in [0.2, 0.25) is 5.02 Å². The van der Waals surface area contributed by atoms with Crippen LogP contribution in [0.3, 0.4) is 0 Å². The molecule has 0 atom stereocenters. The highest BCUT2D eigenvalue weighted by molar-refractivity contribution is 6.32. The van der Waals surface area contributed by atoms with Crippen LogP contribution in [0.4, 0.5) is 0 Å². The quantitative estimate of drug-likeness (QED) is 0.641. The minimum Gasteiger partial charge on any atom is -0.454 e. The van der Waals surface area contributed by atoms with E-state index in [0.29, 0.717) is 28.6 Å². The molecule has 0 aromatic heterocycles. The zero-order chi connectivity index (χ0) is 15.9. The molecule has 0 unspecified atom stereocenters. The summed E-state index contributed by atoms with van der Waals surface area (Å²) >= 11 is 6.03. The van der Waals surface area contributed by atoms with Crippen molar-refractivity contribution in [3.05, 3.63) is 28.8 Å². The number of rotatable bonds is 6. The standard InChI is InChI=1S/C15H16ClNO5/c1-2-5-17-13(18)8-20-14(19)4-3-10-6-11(16)15-12(7-10)21-9-22-15/h3-4,6-7H,2,5,8-9H2,1H3,(H,17,18)/b4-3+. The van der Waals surface area contributed by atoms with E-state index in [0.717, 1.165) is 6.42 Å². The minimum atomic E-state index is -0.611. The summed E-state index contributed by atoms with van der Waals surface area (Å²) in [5, 5.41) is 3.01. The number of amides is 1. The Hall–Kier alpha value is -2.21. The minimum absolute atomic E-state index is 0.122. The van der Waals surface area contributed by atoms with Gasteiger partial charge in [-0.1, -0.05) is 18.5 Å². The van der Waals surface area contributed by atoms with Crippen LogP contribution in [0.1, 0.15) is 18.9 Å². The number of fused-ring (bicyclic) bond motifs is 1. The number of benzene rings is 1. The number of carbonyl (C=O) groups is 2. The first kappa shape index (κ1) is 16.2. The van der Waals surface area contributed by atoms with E-state index in [1.165, 1.54) is 12.2 Å². The normalized spacial score (nSPS) is 12.5. The fourth-order valence-electron chi connectivity index (χ4n) is 1.75. The van der Waals surface area contributed by atoms with Gasteiger partial charge in [-0.3, -0.25) is 4.79 Å². The van der Waals surface area contributed by atoms with E-state index in [4.69, 9.17) is 25.8 Å². The van der Waals surface area contributed by atoms with Crippen LogP contribution >= 0.6 is 11.6 Å². The Bertz CT molecular complexity index is 600. The maximum Gasteiger partial charge on any atom is 0.331 e. The molecule has 1 aromatic carbocycles. The van der Waals surface area contributed by atoms with Gasteiger partial charge in [0.25, 0.3) is 5.91 Å². The second kappa shape index (κ2) is 7.70. The molecular formula is C15H16ClNO5.